The predicted octanol–water partition coefficient (Wildman–Crippen LogP) is 1.99. The van der Waals surface area contributed by atoms with Crippen molar-refractivity contribution < 1.29 is 0 Å². The van der Waals surface area contributed by atoms with Gasteiger partial charge in [-0.2, -0.15) is 0 Å². The minimum absolute atomic E-state index is 0.445. The molecular formula is C12H24N2. The zero-order valence-corrected chi connectivity index (χ0v) is 9.41. The molecule has 1 saturated carbocycles. The van der Waals surface area contributed by atoms with Gasteiger partial charge in [0, 0.05) is 25.2 Å². The molecule has 0 aromatic rings. The molecule has 2 fully saturated rings. The molecule has 1 aliphatic carbocycles. The molecule has 0 aromatic carbocycles. The molecule has 1 aliphatic heterocycles. The molecule has 0 bridgehead atoms. The zero-order chi connectivity index (χ0) is 9.97. The van der Waals surface area contributed by atoms with Crippen molar-refractivity contribution in [1.29, 1.82) is 0 Å². The molecule has 1 heterocycles. The van der Waals surface area contributed by atoms with E-state index in [4.69, 9.17) is 5.73 Å². The van der Waals surface area contributed by atoms with Gasteiger partial charge in [0.25, 0.3) is 0 Å². The molecule has 82 valence electrons. The van der Waals surface area contributed by atoms with Crippen molar-refractivity contribution in [1.82, 2.24) is 4.90 Å². The monoisotopic (exact) mass is 196 g/mol. The molecule has 2 aliphatic rings. The summed E-state index contributed by atoms with van der Waals surface area (Å²) in [7, 11) is 0. The summed E-state index contributed by atoms with van der Waals surface area (Å²) in [6, 6.07) is 1.23. The number of nitrogens with zero attached hydrogens (tertiary/aromatic N) is 1. The summed E-state index contributed by atoms with van der Waals surface area (Å²) in [6.07, 6.45) is 8.48. The van der Waals surface area contributed by atoms with Crippen molar-refractivity contribution >= 4 is 0 Å². The summed E-state index contributed by atoms with van der Waals surface area (Å²) < 4.78 is 0. The van der Waals surface area contributed by atoms with Gasteiger partial charge in [0.15, 0.2) is 0 Å². The molecule has 0 amide bonds. The first-order valence-electron chi connectivity index (χ1n) is 6.27. The molecule has 14 heavy (non-hydrogen) atoms. The maximum atomic E-state index is 5.95. The molecule has 2 nitrogen and oxygen atoms in total. The van der Waals surface area contributed by atoms with Crippen LogP contribution in [-0.2, 0) is 0 Å². The van der Waals surface area contributed by atoms with Crippen LogP contribution in [0.2, 0.25) is 0 Å². The molecule has 2 heteroatoms. The summed E-state index contributed by atoms with van der Waals surface area (Å²) in [6.45, 7) is 4.78. The van der Waals surface area contributed by atoms with E-state index in [2.05, 4.69) is 11.8 Å². The maximum absolute atomic E-state index is 5.95. The third kappa shape index (κ3) is 2.29. The highest BCUT2D eigenvalue weighted by Gasteiger charge is 2.29. The van der Waals surface area contributed by atoms with E-state index in [1.807, 2.05) is 0 Å². The van der Waals surface area contributed by atoms with Gasteiger partial charge in [-0.3, -0.25) is 4.90 Å². The Hall–Kier alpha value is -0.0800. The fourth-order valence-electron chi connectivity index (χ4n) is 3.10. The second kappa shape index (κ2) is 4.63. The van der Waals surface area contributed by atoms with E-state index in [0.29, 0.717) is 6.04 Å². The molecule has 2 atom stereocenters. The first-order valence-corrected chi connectivity index (χ1v) is 6.27. The quantitative estimate of drug-likeness (QED) is 0.732. The van der Waals surface area contributed by atoms with Crippen LogP contribution in [0.4, 0.5) is 0 Å². The van der Waals surface area contributed by atoms with Crippen LogP contribution in [0.25, 0.3) is 0 Å². The van der Waals surface area contributed by atoms with Crippen LogP contribution in [0.3, 0.4) is 0 Å². The van der Waals surface area contributed by atoms with Crippen LogP contribution in [-0.4, -0.2) is 30.1 Å². The smallest absolute Gasteiger partial charge is 0.0180 e. The van der Waals surface area contributed by atoms with Crippen molar-refractivity contribution in [3.05, 3.63) is 0 Å². The van der Waals surface area contributed by atoms with Crippen LogP contribution >= 0.6 is 0 Å². The Labute approximate surface area is 87.8 Å². The van der Waals surface area contributed by atoms with Crippen molar-refractivity contribution in [3.63, 3.8) is 0 Å². The van der Waals surface area contributed by atoms with Crippen LogP contribution in [0.5, 0.6) is 0 Å². The van der Waals surface area contributed by atoms with Gasteiger partial charge >= 0.3 is 0 Å². The van der Waals surface area contributed by atoms with Crippen molar-refractivity contribution in [3.8, 4) is 0 Å². The van der Waals surface area contributed by atoms with E-state index in [1.54, 1.807) is 0 Å². The van der Waals surface area contributed by atoms with Gasteiger partial charge in [0.05, 0.1) is 0 Å². The van der Waals surface area contributed by atoms with E-state index < -0.39 is 0 Å². The lowest BCUT2D eigenvalue weighted by molar-refractivity contribution is 0.155. The zero-order valence-electron chi connectivity index (χ0n) is 9.41. The first kappa shape index (κ1) is 10.4. The molecule has 2 unspecified atom stereocenters. The van der Waals surface area contributed by atoms with Crippen LogP contribution in [0, 0.1) is 5.92 Å². The Bertz CT molecular complexity index is 170. The average Bonchev–Trinajstić information content (AvgIpc) is 2.65. The standard InChI is InChI=1S/C12H24N2/c1-10(11-5-3-2-4-6-11)14-8-7-12(13)9-14/h10-12H,2-9,13H2,1H3. The summed E-state index contributed by atoms with van der Waals surface area (Å²) in [5.41, 5.74) is 5.95. The minimum Gasteiger partial charge on any atom is -0.326 e. The average molecular weight is 196 g/mol. The molecular weight excluding hydrogens is 172 g/mol. The lowest BCUT2D eigenvalue weighted by atomic mass is 9.84. The summed E-state index contributed by atoms with van der Waals surface area (Å²) in [5.74, 6) is 0.953. The number of likely N-dealkylation sites (tertiary alicyclic amines) is 1. The Morgan fingerprint density at radius 1 is 1.14 bits per heavy atom. The fraction of sp³-hybridized carbons (Fsp3) is 1.00. The molecule has 2 N–H and O–H groups in total. The van der Waals surface area contributed by atoms with Crippen LogP contribution in [0.15, 0.2) is 0 Å². The van der Waals surface area contributed by atoms with Gasteiger partial charge in [0.1, 0.15) is 0 Å². The lowest BCUT2D eigenvalue weighted by Gasteiger charge is -2.34. The van der Waals surface area contributed by atoms with Crippen molar-refractivity contribution in [2.24, 2.45) is 11.7 Å². The highest BCUT2D eigenvalue weighted by Crippen LogP contribution is 2.30. The normalized spacial score (nSPS) is 33.4. The van der Waals surface area contributed by atoms with Crippen LogP contribution in [0.1, 0.15) is 45.4 Å². The molecule has 2 rings (SSSR count). The van der Waals surface area contributed by atoms with Gasteiger partial charge in [-0.1, -0.05) is 19.3 Å². The first-order chi connectivity index (χ1) is 6.77. The summed E-state index contributed by atoms with van der Waals surface area (Å²) >= 11 is 0. The van der Waals surface area contributed by atoms with Crippen molar-refractivity contribution in [2.45, 2.75) is 57.5 Å². The predicted molar refractivity (Wildman–Crippen MR) is 60.2 cm³/mol. The Kier molecular flexibility index (Phi) is 3.45. The highest BCUT2D eigenvalue weighted by atomic mass is 15.2. The van der Waals surface area contributed by atoms with Gasteiger partial charge < -0.3 is 5.73 Å². The second-order valence-electron chi connectivity index (χ2n) is 5.18. The Morgan fingerprint density at radius 2 is 1.86 bits per heavy atom. The van der Waals surface area contributed by atoms with Gasteiger partial charge in [-0.25, -0.2) is 0 Å². The van der Waals surface area contributed by atoms with Gasteiger partial charge in [-0.05, 0) is 32.1 Å². The van der Waals surface area contributed by atoms with E-state index in [0.717, 1.165) is 18.5 Å². The van der Waals surface area contributed by atoms with Crippen LogP contribution < -0.4 is 5.73 Å². The fourth-order valence-corrected chi connectivity index (χ4v) is 3.10. The van der Waals surface area contributed by atoms with E-state index in [9.17, 15) is 0 Å². The van der Waals surface area contributed by atoms with Gasteiger partial charge in [-0.15, -0.1) is 0 Å². The SMILES string of the molecule is CC(C1CCCCC1)N1CCC(N)C1. The summed E-state index contributed by atoms with van der Waals surface area (Å²) in [5, 5.41) is 0. The number of nitrogens with two attached hydrogens (primary N) is 1. The largest absolute Gasteiger partial charge is 0.326 e. The van der Waals surface area contributed by atoms with E-state index in [-0.39, 0.29) is 0 Å². The Balaban J connectivity index is 1.84. The highest BCUT2D eigenvalue weighted by molar-refractivity contribution is 4.85. The number of hydrogen-bond donors (Lipinski definition) is 1. The van der Waals surface area contributed by atoms with E-state index in [1.165, 1.54) is 45.1 Å². The molecule has 1 saturated heterocycles. The summed E-state index contributed by atoms with van der Waals surface area (Å²) in [4.78, 5) is 2.61. The van der Waals surface area contributed by atoms with Gasteiger partial charge in [0.2, 0.25) is 0 Å². The molecule has 0 aromatic heterocycles. The lowest BCUT2D eigenvalue weighted by Crippen LogP contribution is -2.39. The second-order valence-corrected chi connectivity index (χ2v) is 5.18. The Morgan fingerprint density at radius 3 is 2.43 bits per heavy atom. The third-order valence-corrected chi connectivity index (χ3v) is 4.16. The van der Waals surface area contributed by atoms with E-state index >= 15 is 0 Å². The maximum Gasteiger partial charge on any atom is 0.0180 e. The molecule has 0 spiro atoms. The third-order valence-electron chi connectivity index (χ3n) is 4.16. The number of hydrogen-bond acceptors (Lipinski definition) is 2. The topological polar surface area (TPSA) is 29.3 Å². The minimum atomic E-state index is 0.445. The number of rotatable bonds is 2. The molecule has 0 radical (unpaired) electrons. The van der Waals surface area contributed by atoms with Crippen molar-refractivity contribution in [2.75, 3.05) is 13.1 Å².